The van der Waals surface area contributed by atoms with E-state index in [9.17, 15) is 4.79 Å². The number of carbonyl (C=O) groups excluding carboxylic acids is 1. The highest BCUT2D eigenvalue weighted by Gasteiger charge is 2.28. The van der Waals surface area contributed by atoms with E-state index in [-0.39, 0.29) is 5.92 Å². The second-order valence-electron chi connectivity index (χ2n) is 6.86. The molecule has 1 aliphatic carbocycles. The van der Waals surface area contributed by atoms with E-state index < -0.39 is 0 Å². The summed E-state index contributed by atoms with van der Waals surface area (Å²) in [6.45, 7) is 8.43. The topological polar surface area (TPSA) is 32.3 Å². The number of piperidine rings is 1. The van der Waals surface area contributed by atoms with Gasteiger partial charge in [0.05, 0.1) is 0 Å². The molecule has 0 bridgehead atoms. The summed E-state index contributed by atoms with van der Waals surface area (Å²) in [5.74, 6) is 2.24. The van der Waals surface area contributed by atoms with Gasteiger partial charge in [-0.15, -0.1) is 0 Å². The van der Waals surface area contributed by atoms with E-state index in [1.807, 2.05) is 0 Å². The average Bonchev–Trinajstić information content (AvgIpc) is 2.97. The number of nitrogens with zero attached hydrogens (tertiary/aromatic N) is 1. The van der Waals surface area contributed by atoms with Gasteiger partial charge < -0.3 is 10.2 Å². The van der Waals surface area contributed by atoms with Gasteiger partial charge in [-0.1, -0.05) is 39.5 Å². The zero-order valence-corrected chi connectivity index (χ0v) is 13.4. The summed E-state index contributed by atoms with van der Waals surface area (Å²) in [6, 6.07) is 0. The number of rotatable bonds is 6. The number of likely N-dealkylation sites (tertiary alicyclic amines) is 1. The van der Waals surface area contributed by atoms with Crippen LogP contribution in [0.3, 0.4) is 0 Å². The van der Waals surface area contributed by atoms with Crippen molar-refractivity contribution >= 4 is 5.91 Å². The Hall–Kier alpha value is -0.570. The monoisotopic (exact) mass is 280 g/mol. The lowest BCUT2D eigenvalue weighted by molar-refractivity contribution is -0.137. The Morgan fingerprint density at radius 3 is 2.40 bits per heavy atom. The molecule has 0 aromatic carbocycles. The molecule has 1 N–H and O–H groups in total. The first-order valence-corrected chi connectivity index (χ1v) is 8.70. The van der Waals surface area contributed by atoms with Crippen LogP contribution in [-0.4, -0.2) is 37.0 Å². The molecule has 0 radical (unpaired) electrons. The highest BCUT2D eigenvalue weighted by molar-refractivity contribution is 5.78. The average molecular weight is 280 g/mol. The van der Waals surface area contributed by atoms with Crippen LogP contribution in [0.1, 0.15) is 58.8 Å². The SMILES string of the molecule is CCNCC1CCN(C(=O)C(C)CC2CCCC2)CC1. The van der Waals surface area contributed by atoms with Crippen molar-refractivity contribution in [2.75, 3.05) is 26.2 Å². The zero-order chi connectivity index (χ0) is 14.4. The highest BCUT2D eigenvalue weighted by atomic mass is 16.2. The molecule has 1 atom stereocenters. The van der Waals surface area contributed by atoms with E-state index in [0.717, 1.165) is 44.4 Å². The maximum Gasteiger partial charge on any atom is 0.225 e. The minimum Gasteiger partial charge on any atom is -0.342 e. The Balaban J connectivity index is 1.70. The molecule has 0 aromatic heterocycles. The van der Waals surface area contributed by atoms with E-state index >= 15 is 0 Å². The van der Waals surface area contributed by atoms with Crippen molar-refractivity contribution in [3.8, 4) is 0 Å². The van der Waals surface area contributed by atoms with Gasteiger partial charge in [-0.25, -0.2) is 0 Å². The van der Waals surface area contributed by atoms with Gasteiger partial charge in [-0.2, -0.15) is 0 Å². The summed E-state index contributed by atoms with van der Waals surface area (Å²) in [5, 5.41) is 3.43. The van der Waals surface area contributed by atoms with Crippen LogP contribution < -0.4 is 5.32 Å². The number of carbonyl (C=O) groups is 1. The molecule has 1 unspecified atom stereocenters. The maximum absolute atomic E-state index is 12.5. The fourth-order valence-corrected chi connectivity index (χ4v) is 3.86. The molecule has 1 saturated heterocycles. The third-order valence-electron chi connectivity index (χ3n) is 5.19. The van der Waals surface area contributed by atoms with Gasteiger partial charge in [-0.3, -0.25) is 4.79 Å². The van der Waals surface area contributed by atoms with E-state index in [0.29, 0.717) is 5.91 Å². The minimum atomic E-state index is 0.239. The van der Waals surface area contributed by atoms with Crippen molar-refractivity contribution in [1.82, 2.24) is 10.2 Å². The molecule has 116 valence electrons. The van der Waals surface area contributed by atoms with Crippen molar-refractivity contribution in [2.24, 2.45) is 17.8 Å². The molecule has 0 aromatic rings. The minimum absolute atomic E-state index is 0.239. The quantitative estimate of drug-likeness (QED) is 0.811. The third kappa shape index (κ3) is 4.47. The highest BCUT2D eigenvalue weighted by Crippen LogP contribution is 2.31. The third-order valence-corrected chi connectivity index (χ3v) is 5.19. The first-order chi connectivity index (χ1) is 9.70. The summed E-state index contributed by atoms with van der Waals surface area (Å²) in [7, 11) is 0. The molecular weight excluding hydrogens is 248 g/mol. The molecule has 0 spiro atoms. The van der Waals surface area contributed by atoms with Crippen LogP contribution in [0, 0.1) is 17.8 Å². The van der Waals surface area contributed by atoms with E-state index in [1.165, 1.54) is 38.5 Å². The Labute approximate surface area is 124 Å². The van der Waals surface area contributed by atoms with E-state index in [2.05, 4.69) is 24.1 Å². The Morgan fingerprint density at radius 2 is 1.80 bits per heavy atom. The second kappa shape index (κ2) is 8.02. The van der Waals surface area contributed by atoms with Crippen molar-refractivity contribution in [3.63, 3.8) is 0 Å². The fourth-order valence-electron chi connectivity index (χ4n) is 3.86. The first-order valence-electron chi connectivity index (χ1n) is 8.70. The molecule has 2 rings (SSSR count). The fraction of sp³-hybridized carbons (Fsp3) is 0.941. The summed E-state index contributed by atoms with van der Waals surface area (Å²) >= 11 is 0. The molecule has 2 fully saturated rings. The lowest BCUT2D eigenvalue weighted by Gasteiger charge is -2.34. The number of amides is 1. The lowest BCUT2D eigenvalue weighted by Crippen LogP contribution is -2.43. The van der Waals surface area contributed by atoms with Gasteiger partial charge in [0.2, 0.25) is 5.91 Å². The van der Waals surface area contributed by atoms with Gasteiger partial charge in [0.25, 0.3) is 0 Å². The predicted octanol–water partition coefficient (Wildman–Crippen LogP) is 3.05. The predicted molar refractivity (Wildman–Crippen MR) is 83.6 cm³/mol. The largest absolute Gasteiger partial charge is 0.342 e. The summed E-state index contributed by atoms with van der Waals surface area (Å²) in [4.78, 5) is 14.6. The number of hydrogen-bond donors (Lipinski definition) is 1. The van der Waals surface area contributed by atoms with Gasteiger partial charge in [0, 0.05) is 19.0 Å². The molecule has 3 nitrogen and oxygen atoms in total. The summed E-state index contributed by atoms with van der Waals surface area (Å²) in [5.41, 5.74) is 0. The summed E-state index contributed by atoms with van der Waals surface area (Å²) in [6.07, 6.45) is 8.92. The van der Waals surface area contributed by atoms with Gasteiger partial charge in [0.1, 0.15) is 0 Å². The molecule has 3 heteroatoms. The van der Waals surface area contributed by atoms with Crippen LogP contribution >= 0.6 is 0 Å². The molecule has 20 heavy (non-hydrogen) atoms. The van der Waals surface area contributed by atoms with Crippen LogP contribution in [-0.2, 0) is 4.79 Å². The van der Waals surface area contributed by atoms with Crippen molar-refractivity contribution in [1.29, 1.82) is 0 Å². The van der Waals surface area contributed by atoms with Crippen LogP contribution in [0.4, 0.5) is 0 Å². The van der Waals surface area contributed by atoms with Crippen LogP contribution in [0.15, 0.2) is 0 Å². The standard InChI is InChI=1S/C17H32N2O/c1-3-18-13-16-8-10-19(11-9-16)17(20)14(2)12-15-6-4-5-7-15/h14-16,18H,3-13H2,1-2H3. The van der Waals surface area contributed by atoms with E-state index in [1.54, 1.807) is 0 Å². The molecule has 2 aliphatic rings. The maximum atomic E-state index is 12.5. The van der Waals surface area contributed by atoms with Gasteiger partial charge in [0.15, 0.2) is 0 Å². The zero-order valence-electron chi connectivity index (χ0n) is 13.4. The molecule has 1 saturated carbocycles. The smallest absolute Gasteiger partial charge is 0.225 e. The molecule has 1 aliphatic heterocycles. The normalized spacial score (nSPS) is 23.2. The number of nitrogens with one attached hydrogen (secondary N) is 1. The lowest BCUT2D eigenvalue weighted by atomic mass is 9.91. The van der Waals surface area contributed by atoms with E-state index in [4.69, 9.17) is 0 Å². The second-order valence-corrected chi connectivity index (χ2v) is 6.86. The first kappa shape index (κ1) is 15.8. The molecule has 1 heterocycles. The Morgan fingerprint density at radius 1 is 1.15 bits per heavy atom. The van der Waals surface area contributed by atoms with Crippen molar-refractivity contribution < 1.29 is 4.79 Å². The number of hydrogen-bond acceptors (Lipinski definition) is 2. The van der Waals surface area contributed by atoms with Gasteiger partial charge >= 0.3 is 0 Å². The van der Waals surface area contributed by atoms with Gasteiger partial charge in [-0.05, 0) is 44.2 Å². The molecular formula is C17H32N2O. The molecule has 1 amide bonds. The summed E-state index contributed by atoms with van der Waals surface area (Å²) < 4.78 is 0. The van der Waals surface area contributed by atoms with Crippen molar-refractivity contribution in [2.45, 2.75) is 58.8 Å². The van der Waals surface area contributed by atoms with Crippen LogP contribution in [0.2, 0.25) is 0 Å². The van der Waals surface area contributed by atoms with Crippen LogP contribution in [0.5, 0.6) is 0 Å². The Kier molecular flexibility index (Phi) is 6.34. The van der Waals surface area contributed by atoms with Crippen LogP contribution in [0.25, 0.3) is 0 Å². The van der Waals surface area contributed by atoms with Crippen molar-refractivity contribution in [3.05, 3.63) is 0 Å². The Bertz CT molecular complexity index is 291.